The fraction of sp³-hybridized carbons (Fsp3) is 0.286. The van der Waals surface area contributed by atoms with E-state index < -0.39 is 0 Å². The Kier molecular flexibility index (Phi) is 5.01. The van der Waals surface area contributed by atoms with Gasteiger partial charge >= 0.3 is 0 Å². The van der Waals surface area contributed by atoms with Crippen LogP contribution in [0, 0.1) is 6.92 Å². The Labute approximate surface area is 122 Å². The first-order valence-electron chi connectivity index (χ1n) is 6.36. The van der Waals surface area contributed by atoms with Crippen molar-refractivity contribution in [1.82, 2.24) is 10.5 Å². The van der Waals surface area contributed by atoms with E-state index in [0.29, 0.717) is 22.9 Å². The summed E-state index contributed by atoms with van der Waals surface area (Å²) in [5, 5.41) is 10.3. The van der Waals surface area contributed by atoms with Gasteiger partial charge in [0.05, 0.1) is 16.9 Å². The Bertz CT molecular complexity index is 583. The van der Waals surface area contributed by atoms with Gasteiger partial charge in [-0.25, -0.2) is 0 Å². The van der Waals surface area contributed by atoms with Crippen LogP contribution in [0.25, 0.3) is 0 Å². The molecule has 2 rings (SSSR count). The highest BCUT2D eigenvalue weighted by Crippen LogP contribution is 2.19. The zero-order chi connectivity index (χ0) is 14.4. The number of hydrogen-bond acceptors (Lipinski definition) is 4. The summed E-state index contributed by atoms with van der Waals surface area (Å²) in [6.07, 6.45) is 2.22. The van der Waals surface area contributed by atoms with E-state index in [0.717, 1.165) is 18.7 Å². The van der Waals surface area contributed by atoms with Crippen molar-refractivity contribution in [1.29, 1.82) is 0 Å². The number of aryl methyl sites for hydroxylation is 1. The summed E-state index contributed by atoms with van der Waals surface area (Å²) < 4.78 is 4.85. The second-order valence-electron chi connectivity index (χ2n) is 4.31. The molecule has 0 spiro atoms. The minimum absolute atomic E-state index is 0.165. The number of hydrogen-bond donors (Lipinski definition) is 2. The minimum atomic E-state index is -0.165. The molecule has 0 aliphatic carbocycles. The molecule has 0 unspecified atom stereocenters. The van der Waals surface area contributed by atoms with E-state index in [1.807, 2.05) is 24.3 Å². The van der Waals surface area contributed by atoms with Crippen LogP contribution in [-0.4, -0.2) is 24.2 Å². The van der Waals surface area contributed by atoms with Gasteiger partial charge in [0, 0.05) is 13.1 Å². The lowest BCUT2D eigenvalue weighted by Gasteiger charge is -2.08. The van der Waals surface area contributed by atoms with Crippen LogP contribution >= 0.6 is 11.6 Å². The van der Waals surface area contributed by atoms with Crippen molar-refractivity contribution in [2.75, 3.05) is 18.4 Å². The highest BCUT2D eigenvalue weighted by Gasteiger charge is 2.11. The van der Waals surface area contributed by atoms with Crippen molar-refractivity contribution < 1.29 is 9.32 Å². The third-order valence-corrected chi connectivity index (χ3v) is 3.15. The van der Waals surface area contributed by atoms with Gasteiger partial charge in [-0.1, -0.05) is 28.9 Å². The smallest absolute Gasteiger partial charge is 0.256 e. The molecule has 2 N–H and O–H groups in total. The molecule has 0 atom stereocenters. The van der Waals surface area contributed by atoms with Crippen LogP contribution in [0.2, 0.25) is 5.02 Å². The molecule has 0 fully saturated rings. The number of halogens is 1. The number of para-hydroxylation sites is 1. The van der Waals surface area contributed by atoms with Crippen molar-refractivity contribution in [3.63, 3.8) is 0 Å². The zero-order valence-corrected chi connectivity index (χ0v) is 11.9. The molecule has 6 heteroatoms. The molecule has 5 nitrogen and oxygen atoms in total. The highest BCUT2D eigenvalue weighted by atomic mass is 35.5. The van der Waals surface area contributed by atoms with Crippen LogP contribution in [0.5, 0.6) is 0 Å². The second kappa shape index (κ2) is 6.96. The number of amides is 1. The molecule has 1 aromatic carbocycles. The highest BCUT2D eigenvalue weighted by molar-refractivity contribution is 6.33. The van der Waals surface area contributed by atoms with Crippen LogP contribution in [0.15, 0.2) is 35.0 Å². The third-order valence-electron chi connectivity index (χ3n) is 2.82. The Morgan fingerprint density at radius 3 is 2.85 bits per heavy atom. The normalized spacial score (nSPS) is 10.3. The number of carbonyl (C=O) groups excluding carboxylic acids is 1. The molecular formula is C14H16ClN3O2. The summed E-state index contributed by atoms with van der Waals surface area (Å²) in [6, 6.07) is 7.56. The van der Waals surface area contributed by atoms with E-state index in [1.165, 1.54) is 6.20 Å². The van der Waals surface area contributed by atoms with Crippen LogP contribution in [-0.2, 0) is 0 Å². The Hall–Kier alpha value is -2.01. The van der Waals surface area contributed by atoms with E-state index in [1.54, 1.807) is 6.92 Å². The summed E-state index contributed by atoms with van der Waals surface area (Å²) in [4.78, 5) is 11.8. The number of nitrogens with one attached hydrogen (secondary N) is 2. The first-order valence-corrected chi connectivity index (χ1v) is 6.74. The molecule has 1 amide bonds. The first-order chi connectivity index (χ1) is 9.68. The third kappa shape index (κ3) is 3.74. The molecule has 0 bridgehead atoms. The summed E-state index contributed by atoms with van der Waals surface area (Å²) in [7, 11) is 0. The van der Waals surface area contributed by atoms with Crippen molar-refractivity contribution in [2.45, 2.75) is 13.3 Å². The van der Waals surface area contributed by atoms with Gasteiger partial charge in [0.1, 0.15) is 11.3 Å². The maximum Gasteiger partial charge on any atom is 0.256 e. The maximum atomic E-state index is 11.8. The molecule has 0 saturated heterocycles. The van der Waals surface area contributed by atoms with Crippen LogP contribution in [0.1, 0.15) is 22.5 Å². The molecule has 106 valence electrons. The first kappa shape index (κ1) is 14.4. The second-order valence-corrected chi connectivity index (χ2v) is 4.72. The van der Waals surface area contributed by atoms with Gasteiger partial charge in [-0.3, -0.25) is 4.79 Å². The molecule has 0 aliphatic rings. The lowest BCUT2D eigenvalue weighted by Crippen LogP contribution is -2.26. The van der Waals surface area contributed by atoms with Gasteiger partial charge in [-0.15, -0.1) is 0 Å². The number of anilines is 1. The van der Waals surface area contributed by atoms with E-state index in [-0.39, 0.29) is 5.91 Å². The van der Waals surface area contributed by atoms with Gasteiger partial charge in [-0.05, 0) is 25.5 Å². The van der Waals surface area contributed by atoms with Gasteiger partial charge in [0.2, 0.25) is 0 Å². The largest absolute Gasteiger partial charge is 0.384 e. The quantitative estimate of drug-likeness (QED) is 0.804. The predicted octanol–water partition coefficient (Wildman–Crippen LogP) is 2.87. The molecule has 0 radical (unpaired) electrons. The lowest BCUT2D eigenvalue weighted by atomic mass is 10.2. The van der Waals surface area contributed by atoms with E-state index >= 15 is 0 Å². The fourth-order valence-electron chi connectivity index (χ4n) is 1.73. The minimum Gasteiger partial charge on any atom is -0.384 e. The number of benzene rings is 1. The van der Waals surface area contributed by atoms with E-state index in [4.69, 9.17) is 16.1 Å². The predicted molar refractivity (Wildman–Crippen MR) is 78.1 cm³/mol. The van der Waals surface area contributed by atoms with Crippen molar-refractivity contribution in [3.05, 3.63) is 46.8 Å². The van der Waals surface area contributed by atoms with E-state index in [2.05, 4.69) is 15.8 Å². The monoisotopic (exact) mass is 293 g/mol. The Morgan fingerprint density at radius 1 is 1.35 bits per heavy atom. The summed E-state index contributed by atoms with van der Waals surface area (Å²) in [5.74, 6) is 0.359. The number of rotatable bonds is 6. The van der Waals surface area contributed by atoms with Crippen molar-refractivity contribution in [3.8, 4) is 0 Å². The summed E-state index contributed by atoms with van der Waals surface area (Å²) in [6.45, 7) is 3.01. The lowest BCUT2D eigenvalue weighted by molar-refractivity contribution is 0.0952. The average molecular weight is 294 g/mol. The number of nitrogens with zero attached hydrogens (tertiary/aromatic N) is 1. The number of aromatic nitrogens is 1. The molecular weight excluding hydrogens is 278 g/mol. The SMILES string of the molecule is Cc1oncc1C(=O)NCCCNc1ccccc1Cl. The summed E-state index contributed by atoms with van der Waals surface area (Å²) in [5.41, 5.74) is 1.37. The number of carbonyl (C=O) groups is 1. The van der Waals surface area contributed by atoms with Crippen LogP contribution < -0.4 is 10.6 Å². The standard InChI is InChI=1S/C14H16ClN3O2/c1-10-11(9-18-20-10)14(19)17-8-4-7-16-13-6-3-2-5-12(13)15/h2-3,5-6,9,16H,4,7-8H2,1H3,(H,17,19). The maximum absolute atomic E-state index is 11.8. The fourth-order valence-corrected chi connectivity index (χ4v) is 1.93. The average Bonchev–Trinajstić information content (AvgIpc) is 2.86. The topological polar surface area (TPSA) is 67.2 Å². The molecule has 1 heterocycles. The Balaban J connectivity index is 1.69. The van der Waals surface area contributed by atoms with Crippen LogP contribution in [0.4, 0.5) is 5.69 Å². The van der Waals surface area contributed by atoms with Gasteiger partial charge in [0.25, 0.3) is 5.91 Å². The molecule has 2 aromatic rings. The Morgan fingerprint density at radius 2 is 2.15 bits per heavy atom. The van der Waals surface area contributed by atoms with Crippen molar-refractivity contribution >= 4 is 23.2 Å². The zero-order valence-electron chi connectivity index (χ0n) is 11.1. The molecule has 20 heavy (non-hydrogen) atoms. The van der Waals surface area contributed by atoms with Crippen molar-refractivity contribution in [2.24, 2.45) is 0 Å². The van der Waals surface area contributed by atoms with Gasteiger partial charge in [-0.2, -0.15) is 0 Å². The van der Waals surface area contributed by atoms with Crippen LogP contribution in [0.3, 0.4) is 0 Å². The van der Waals surface area contributed by atoms with Gasteiger partial charge in [0.15, 0.2) is 0 Å². The molecule has 1 aromatic heterocycles. The van der Waals surface area contributed by atoms with Gasteiger partial charge < -0.3 is 15.2 Å². The summed E-state index contributed by atoms with van der Waals surface area (Å²) >= 11 is 6.02. The molecule has 0 aliphatic heterocycles. The van der Waals surface area contributed by atoms with E-state index in [9.17, 15) is 4.79 Å². The molecule has 0 saturated carbocycles.